The van der Waals surface area contributed by atoms with Crippen molar-refractivity contribution in [2.75, 3.05) is 51.4 Å². The van der Waals surface area contributed by atoms with Crippen molar-refractivity contribution >= 4 is 39.2 Å². The van der Waals surface area contributed by atoms with Crippen LogP contribution in [0, 0.1) is 11.7 Å². The Balaban J connectivity index is 1.33. The first-order valence-electron chi connectivity index (χ1n) is 14.2. The average Bonchev–Trinajstić information content (AvgIpc) is 3.68. The van der Waals surface area contributed by atoms with Gasteiger partial charge in [-0.05, 0) is 69.7 Å². The number of aromatic amines is 1. The molecule has 0 amide bonds. The number of hydrogen-bond acceptors (Lipinski definition) is 8. The van der Waals surface area contributed by atoms with Gasteiger partial charge in [-0.1, -0.05) is 11.6 Å². The van der Waals surface area contributed by atoms with Gasteiger partial charge in [0.2, 0.25) is 0 Å². The number of nitrogens with one attached hydrogen (secondary N) is 1. The third-order valence-corrected chi connectivity index (χ3v) is 9.14. The Morgan fingerprint density at radius 3 is 2.77 bits per heavy atom. The van der Waals surface area contributed by atoms with Crippen molar-refractivity contribution < 1.29 is 13.9 Å². The summed E-state index contributed by atoms with van der Waals surface area (Å²) >= 11 is 6.38. The number of H-pyrrole nitrogens is 1. The minimum atomic E-state index is -0.525. The molecule has 3 fully saturated rings. The maximum atomic E-state index is 16.5. The van der Waals surface area contributed by atoms with E-state index in [1.54, 1.807) is 31.6 Å². The zero-order valence-corrected chi connectivity index (χ0v) is 23.4. The molecule has 9 nitrogen and oxygen atoms in total. The number of methoxy groups -OCH3 is 1. The van der Waals surface area contributed by atoms with Gasteiger partial charge in [-0.25, -0.2) is 4.39 Å². The van der Waals surface area contributed by atoms with Crippen molar-refractivity contribution in [2.24, 2.45) is 5.92 Å². The summed E-state index contributed by atoms with van der Waals surface area (Å²) in [6.07, 6.45) is 9.98. The summed E-state index contributed by atoms with van der Waals surface area (Å²) < 4.78 is 28.3. The molecule has 0 aliphatic carbocycles. The second-order valence-electron chi connectivity index (χ2n) is 11.4. The lowest BCUT2D eigenvalue weighted by atomic mass is 9.95. The van der Waals surface area contributed by atoms with Crippen LogP contribution in [0.2, 0.25) is 5.02 Å². The highest BCUT2D eigenvalue weighted by molar-refractivity contribution is 6.31. The molecular formula is C29H33ClFN7O2. The van der Waals surface area contributed by atoms with Crippen LogP contribution >= 0.6 is 11.6 Å². The smallest absolute Gasteiger partial charge is 0.319 e. The van der Waals surface area contributed by atoms with Gasteiger partial charge >= 0.3 is 6.01 Å². The molecule has 3 saturated heterocycles. The monoisotopic (exact) mass is 565 g/mol. The Hall–Kier alpha value is -3.08. The highest BCUT2D eigenvalue weighted by Crippen LogP contribution is 2.40. The van der Waals surface area contributed by atoms with Gasteiger partial charge in [-0.15, -0.1) is 0 Å². The number of aromatic nitrogens is 5. The highest BCUT2D eigenvalue weighted by atomic mass is 35.5. The van der Waals surface area contributed by atoms with E-state index >= 15 is 4.39 Å². The Bertz CT molecular complexity index is 1550. The average molecular weight is 566 g/mol. The van der Waals surface area contributed by atoms with Crippen molar-refractivity contribution in [1.82, 2.24) is 30.0 Å². The van der Waals surface area contributed by atoms with Crippen LogP contribution in [0.5, 0.6) is 6.01 Å². The van der Waals surface area contributed by atoms with Gasteiger partial charge in [0.1, 0.15) is 23.6 Å². The fourth-order valence-corrected chi connectivity index (χ4v) is 7.23. The Morgan fingerprint density at radius 1 is 1.10 bits per heavy atom. The quantitative estimate of drug-likeness (QED) is 0.326. The van der Waals surface area contributed by atoms with E-state index in [1.165, 1.54) is 12.8 Å². The number of pyridine rings is 1. The van der Waals surface area contributed by atoms with Gasteiger partial charge in [0, 0.05) is 42.4 Å². The Kier molecular flexibility index (Phi) is 6.72. The molecule has 1 unspecified atom stereocenters. The summed E-state index contributed by atoms with van der Waals surface area (Å²) in [6.45, 7) is 4.98. The van der Waals surface area contributed by atoms with Crippen molar-refractivity contribution in [3.63, 3.8) is 0 Å². The highest BCUT2D eigenvalue weighted by Gasteiger charge is 2.45. The molecule has 3 aliphatic rings. The molecule has 3 aromatic heterocycles. The summed E-state index contributed by atoms with van der Waals surface area (Å²) in [5.41, 5.74) is 1.67. The molecule has 3 aliphatic heterocycles. The van der Waals surface area contributed by atoms with E-state index in [9.17, 15) is 0 Å². The third kappa shape index (κ3) is 4.46. The van der Waals surface area contributed by atoms with Crippen molar-refractivity contribution in [3.8, 4) is 17.3 Å². The molecule has 0 spiro atoms. The largest absolute Gasteiger partial charge is 0.461 e. The van der Waals surface area contributed by atoms with Crippen LogP contribution < -0.4 is 9.64 Å². The topological polar surface area (TPSA) is 92.3 Å². The van der Waals surface area contributed by atoms with Gasteiger partial charge in [-0.2, -0.15) is 15.1 Å². The summed E-state index contributed by atoms with van der Waals surface area (Å²) in [5.74, 6) is 0.503. The number of piperidine rings is 1. The predicted octanol–water partition coefficient (Wildman–Crippen LogP) is 5.23. The van der Waals surface area contributed by atoms with Crippen LogP contribution in [0.25, 0.3) is 33.1 Å². The van der Waals surface area contributed by atoms with Crippen LogP contribution in [0.4, 0.5) is 10.2 Å². The standard InChI is InChI=1S/C29H33ClFN7O2/c1-39-16-18-5-2-8-37(15-18)27-22-13-32-25(20-11-19(30)12-23-21(20)14-33-36-23)24(31)26(22)34-28(35-27)40-17-29-6-3-9-38(29)10-4-7-29/h11-14,18H,2-10,15-17H2,1H3,(H,33,36). The van der Waals surface area contributed by atoms with E-state index in [0.29, 0.717) is 46.4 Å². The van der Waals surface area contributed by atoms with Crippen LogP contribution in [0.15, 0.2) is 24.5 Å². The molecule has 7 rings (SSSR count). The summed E-state index contributed by atoms with van der Waals surface area (Å²) in [5, 5.41) is 8.81. The van der Waals surface area contributed by atoms with Gasteiger partial charge in [0.25, 0.3) is 0 Å². The van der Waals surface area contributed by atoms with Crippen molar-refractivity contribution in [1.29, 1.82) is 0 Å². The molecule has 11 heteroatoms. The number of anilines is 1. The van der Waals surface area contributed by atoms with Gasteiger partial charge in [-0.3, -0.25) is 15.0 Å². The number of benzene rings is 1. The molecular weight excluding hydrogens is 533 g/mol. The molecule has 0 bridgehead atoms. The van der Waals surface area contributed by atoms with Gasteiger partial charge in [0.05, 0.1) is 29.2 Å². The zero-order chi connectivity index (χ0) is 27.3. The fraction of sp³-hybridized carbons (Fsp3) is 0.517. The van der Waals surface area contributed by atoms with Crippen LogP contribution in [-0.2, 0) is 4.74 Å². The van der Waals surface area contributed by atoms with Crippen LogP contribution in [0.1, 0.15) is 38.5 Å². The maximum absolute atomic E-state index is 16.5. The number of ether oxygens (including phenoxy) is 2. The Morgan fingerprint density at radius 2 is 1.95 bits per heavy atom. The molecule has 6 heterocycles. The van der Waals surface area contributed by atoms with Crippen molar-refractivity contribution in [3.05, 3.63) is 35.4 Å². The van der Waals surface area contributed by atoms with Crippen LogP contribution in [-0.4, -0.2) is 82.1 Å². The van der Waals surface area contributed by atoms with Gasteiger partial charge in [0.15, 0.2) is 5.82 Å². The maximum Gasteiger partial charge on any atom is 0.319 e. The van der Waals surface area contributed by atoms with E-state index in [4.69, 9.17) is 26.1 Å². The minimum absolute atomic E-state index is 0.0305. The zero-order valence-electron chi connectivity index (χ0n) is 22.6. The molecule has 40 heavy (non-hydrogen) atoms. The predicted molar refractivity (Wildman–Crippen MR) is 152 cm³/mol. The number of fused-ring (bicyclic) bond motifs is 3. The lowest BCUT2D eigenvalue weighted by molar-refractivity contribution is 0.107. The summed E-state index contributed by atoms with van der Waals surface area (Å²) in [4.78, 5) is 18.9. The first-order valence-corrected chi connectivity index (χ1v) is 14.5. The molecule has 210 valence electrons. The van der Waals surface area contributed by atoms with E-state index in [2.05, 4.69) is 30.0 Å². The number of nitrogens with zero attached hydrogens (tertiary/aromatic N) is 6. The lowest BCUT2D eigenvalue weighted by Crippen LogP contribution is -2.43. The number of halogens is 2. The van der Waals surface area contributed by atoms with E-state index < -0.39 is 5.82 Å². The normalized spacial score (nSPS) is 21.0. The molecule has 4 aromatic rings. The minimum Gasteiger partial charge on any atom is -0.461 e. The van der Waals surface area contributed by atoms with Gasteiger partial charge < -0.3 is 14.4 Å². The third-order valence-electron chi connectivity index (χ3n) is 8.92. The Labute approximate surface area is 237 Å². The van der Waals surface area contributed by atoms with E-state index in [0.717, 1.165) is 57.2 Å². The number of hydrogen-bond donors (Lipinski definition) is 1. The SMILES string of the molecule is COCC1CCCN(c2nc(OCC34CCCN3CCC4)nc3c(F)c(-c4cc(Cl)cc5[nH]ncc45)ncc23)C1. The fourth-order valence-electron chi connectivity index (χ4n) is 7.02. The summed E-state index contributed by atoms with van der Waals surface area (Å²) in [6, 6.07) is 3.68. The first kappa shape index (κ1) is 25.9. The second-order valence-corrected chi connectivity index (χ2v) is 11.9. The van der Waals surface area contributed by atoms with E-state index in [1.807, 2.05) is 0 Å². The molecule has 1 atom stereocenters. The van der Waals surface area contributed by atoms with E-state index in [-0.39, 0.29) is 22.8 Å². The number of rotatable bonds is 7. The molecule has 1 aromatic carbocycles. The first-order chi connectivity index (χ1) is 19.5. The molecule has 1 N–H and O–H groups in total. The molecule has 0 saturated carbocycles. The summed E-state index contributed by atoms with van der Waals surface area (Å²) in [7, 11) is 1.73. The lowest BCUT2D eigenvalue weighted by Gasteiger charge is -2.34. The second kappa shape index (κ2) is 10.4. The van der Waals surface area contributed by atoms with Crippen molar-refractivity contribution in [2.45, 2.75) is 44.1 Å². The van der Waals surface area contributed by atoms with Crippen LogP contribution in [0.3, 0.4) is 0 Å². The molecule has 0 radical (unpaired) electrons.